The van der Waals surface area contributed by atoms with Crippen LogP contribution in [0.1, 0.15) is 77.3 Å². The van der Waals surface area contributed by atoms with Crippen LogP contribution in [0.2, 0.25) is 0 Å². The fourth-order valence-corrected chi connectivity index (χ4v) is 2.37. The van der Waals surface area contributed by atoms with E-state index < -0.39 is 11.7 Å². The molecule has 1 heterocycles. The number of carbonyl (C=O) groups excluding carboxylic acids is 2. The molecule has 0 aliphatic heterocycles. The van der Waals surface area contributed by atoms with E-state index in [-0.39, 0.29) is 11.8 Å². The SMILES string of the molecule is CC(C)c1cc(CN(C)C(=O)OC(C)(C)C)nc(C(C)C)c1N=C=O. The highest BCUT2D eigenvalue weighted by molar-refractivity contribution is 5.68. The topological polar surface area (TPSA) is 71.9 Å². The summed E-state index contributed by atoms with van der Waals surface area (Å²) < 4.78 is 5.38. The molecule has 0 spiro atoms. The maximum absolute atomic E-state index is 12.2. The number of pyridine rings is 1. The molecule has 0 aliphatic rings. The zero-order valence-electron chi connectivity index (χ0n) is 16.5. The highest BCUT2D eigenvalue weighted by Crippen LogP contribution is 2.34. The van der Waals surface area contributed by atoms with E-state index in [0.29, 0.717) is 12.2 Å². The maximum Gasteiger partial charge on any atom is 0.410 e. The monoisotopic (exact) mass is 347 g/mol. The van der Waals surface area contributed by atoms with E-state index in [4.69, 9.17) is 4.74 Å². The summed E-state index contributed by atoms with van der Waals surface area (Å²) in [6.07, 6.45) is 1.23. The van der Waals surface area contributed by atoms with Crippen molar-refractivity contribution in [3.8, 4) is 0 Å². The molecule has 1 aromatic rings. The van der Waals surface area contributed by atoms with Crippen molar-refractivity contribution in [3.63, 3.8) is 0 Å². The number of nitrogens with zero attached hydrogens (tertiary/aromatic N) is 3. The van der Waals surface area contributed by atoms with Gasteiger partial charge in [0.05, 0.1) is 17.9 Å². The third-order valence-corrected chi connectivity index (χ3v) is 3.53. The van der Waals surface area contributed by atoms with E-state index in [1.54, 1.807) is 13.1 Å². The van der Waals surface area contributed by atoms with Crippen LogP contribution in [0.4, 0.5) is 10.5 Å². The number of amides is 1. The predicted molar refractivity (Wildman–Crippen MR) is 97.9 cm³/mol. The molecule has 0 atom stereocenters. The summed E-state index contributed by atoms with van der Waals surface area (Å²) in [4.78, 5) is 33.0. The predicted octanol–water partition coefficient (Wildman–Crippen LogP) is 4.66. The second-order valence-corrected chi connectivity index (χ2v) is 7.79. The van der Waals surface area contributed by atoms with Crippen LogP contribution in [0.25, 0.3) is 0 Å². The normalized spacial score (nSPS) is 11.4. The van der Waals surface area contributed by atoms with E-state index in [1.807, 2.05) is 54.5 Å². The van der Waals surface area contributed by atoms with Gasteiger partial charge >= 0.3 is 6.09 Å². The van der Waals surface area contributed by atoms with Gasteiger partial charge in [-0.25, -0.2) is 9.59 Å². The average Bonchev–Trinajstić information content (AvgIpc) is 2.46. The molecular weight excluding hydrogens is 318 g/mol. The summed E-state index contributed by atoms with van der Waals surface area (Å²) in [5, 5.41) is 0. The zero-order chi connectivity index (χ0) is 19.4. The molecule has 0 bridgehead atoms. The Labute approximate surface area is 150 Å². The molecule has 1 amide bonds. The molecule has 0 unspecified atom stereocenters. The quantitative estimate of drug-likeness (QED) is 0.573. The Kier molecular flexibility index (Phi) is 6.88. The fraction of sp³-hybridized carbons (Fsp3) is 0.632. The Balaban J connectivity index is 3.24. The largest absolute Gasteiger partial charge is 0.444 e. The van der Waals surface area contributed by atoms with Crippen molar-refractivity contribution >= 4 is 17.9 Å². The zero-order valence-corrected chi connectivity index (χ0v) is 16.5. The van der Waals surface area contributed by atoms with Gasteiger partial charge in [-0.15, -0.1) is 0 Å². The van der Waals surface area contributed by atoms with Gasteiger partial charge in [0, 0.05) is 7.05 Å². The van der Waals surface area contributed by atoms with Gasteiger partial charge in [-0.05, 0) is 44.2 Å². The number of carbonyl (C=O) groups is 1. The number of isocyanates is 1. The number of ether oxygens (including phenoxy) is 1. The van der Waals surface area contributed by atoms with Crippen LogP contribution in [0, 0.1) is 0 Å². The number of hydrogen-bond donors (Lipinski definition) is 0. The summed E-state index contributed by atoms with van der Waals surface area (Å²) in [7, 11) is 1.68. The second kappa shape index (κ2) is 8.26. The molecule has 25 heavy (non-hydrogen) atoms. The minimum atomic E-state index is -0.548. The summed E-state index contributed by atoms with van der Waals surface area (Å²) >= 11 is 0. The molecule has 0 aliphatic carbocycles. The highest BCUT2D eigenvalue weighted by atomic mass is 16.6. The lowest BCUT2D eigenvalue weighted by Gasteiger charge is -2.25. The van der Waals surface area contributed by atoms with Crippen molar-refractivity contribution in [2.24, 2.45) is 4.99 Å². The van der Waals surface area contributed by atoms with Gasteiger partial charge in [0.1, 0.15) is 11.3 Å². The Hall–Kier alpha value is -2.20. The first-order chi connectivity index (χ1) is 11.5. The smallest absolute Gasteiger partial charge is 0.410 e. The van der Waals surface area contributed by atoms with E-state index in [0.717, 1.165) is 17.0 Å². The summed E-state index contributed by atoms with van der Waals surface area (Å²) in [6.45, 7) is 13.9. The van der Waals surface area contributed by atoms with Crippen LogP contribution in [0.5, 0.6) is 0 Å². The van der Waals surface area contributed by atoms with Gasteiger partial charge in [-0.3, -0.25) is 4.98 Å². The molecule has 138 valence electrons. The first-order valence-corrected chi connectivity index (χ1v) is 8.52. The molecule has 0 N–H and O–H groups in total. The minimum Gasteiger partial charge on any atom is -0.444 e. The highest BCUT2D eigenvalue weighted by Gasteiger charge is 2.22. The molecule has 6 nitrogen and oxygen atoms in total. The number of aromatic nitrogens is 1. The molecule has 0 fully saturated rings. The average molecular weight is 347 g/mol. The maximum atomic E-state index is 12.2. The van der Waals surface area contributed by atoms with Gasteiger partial charge in [-0.1, -0.05) is 27.7 Å². The van der Waals surface area contributed by atoms with Crippen molar-refractivity contribution in [1.82, 2.24) is 9.88 Å². The first-order valence-electron chi connectivity index (χ1n) is 8.52. The number of hydrogen-bond acceptors (Lipinski definition) is 5. The standard InChI is InChI=1S/C19H29N3O3/c1-12(2)15-9-14(10-22(8)18(24)25-19(5,6)7)21-16(13(3)4)17(15)20-11-23/h9,12-13H,10H2,1-8H3. The van der Waals surface area contributed by atoms with Gasteiger partial charge in [-0.2, -0.15) is 4.99 Å². The van der Waals surface area contributed by atoms with E-state index >= 15 is 0 Å². The fourth-order valence-electron chi connectivity index (χ4n) is 2.37. The van der Waals surface area contributed by atoms with Crippen LogP contribution >= 0.6 is 0 Å². The lowest BCUT2D eigenvalue weighted by Crippen LogP contribution is -2.34. The molecule has 0 radical (unpaired) electrons. The van der Waals surface area contributed by atoms with Crippen LogP contribution < -0.4 is 0 Å². The molecular formula is C19H29N3O3. The number of rotatable bonds is 5. The lowest BCUT2D eigenvalue weighted by atomic mass is 9.96. The third kappa shape index (κ3) is 5.98. The lowest BCUT2D eigenvalue weighted by molar-refractivity contribution is 0.0283. The van der Waals surface area contributed by atoms with Gasteiger partial charge in [0.25, 0.3) is 0 Å². The molecule has 0 saturated carbocycles. The van der Waals surface area contributed by atoms with Crippen molar-refractivity contribution < 1.29 is 14.3 Å². The van der Waals surface area contributed by atoms with Crippen LogP contribution in [-0.2, 0) is 16.1 Å². The molecule has 6 heteroatoms. The summed E-state index contributed by atoms with van der Waals surface area (Å²) in [6, 6.07) is 1.90. The summed E-state index contributed by atoms with van der Waals surface area (Å²) in [5.74, 6) is 0.259. The second-order valence-electron chi connectivity index (χ2n) is 7.79. The van der Waals surface area contributed by atoms with Crippen molar-refractivity contribution in [2.75, 3.05) is 7.05 Å². The van der Waals surface area contributed by atoms with Crippen LogP contribution in [0.3, 0.4) is 0 Å². The van der Waals surface area contributed by atoms with E-state index in [1.165, 1.54) is 4.90 Å². The minimum absolute atomic E-state index is 0.0939. The first kappa shape index (κ1) is 20.8. The van der Waals surface area contributed by atoms with Crippen LogP contribution in [0.15, 0.2) is 11.1 Å². The Morgan fingerprint density at radius 3 is 2.32 bits per heavy atom. The van der Waals surface area contributed by atoms with E-state index in [9.17, 15) is 9.59 Å². The molecule has 0 aromatic carbocycles. The van der Waals surface area contributed by atoms with E-state index in [2.05, 4.69) is 9.98 Å². The Morgan fingerprint density at radius 1 is 1.28 bits per heavy atom. The Morgan fingerprint density at radius 2 is 1.88 bits per heavy atom. The van der Waals surface area contributed by atoms with Crippen molar-refractivity contribution in [2.45, 2.75) is 72.4 Å². The molecule has 1 rings (SSSR count). The van der Waals surface area contributed by atoms with Crippen molar-refractivity contribution in [1.29, 1.82) is 0 Å². The number of aliphatic imine (C=N–C) groups is 1. The van der Waals surface area contributed by atoms with Gasteiger partial charge < -0.3 is 9.64 Å². The van der Waals surface area contributed by atoms with Crippen molar-refractivity contribution in [3.05, 3.63) is 23.0 Å². The Bertz CT molecular complexity index is 640. The third-order valence-electron chi connectivity index (χ3n) is 3.53. The molecule has 1 aromatic heterocycles. The van der Waals surface area contributed by atoms with Crippen LogP contribution in [-0.4, -0.2) is 34.7 Å². The van der Waals surface area contributed by atoms with Gasteiger partial charge in [0.15, 0.2) is 0 Å². The van der Waals surface area contributed by atoms with Gasteiger partial charge in [0.2, 0.25) is 6.08 Å². The molecule has 0 saturated heterocycles. The summed E-state index contributed by atoms with van der Waals surface area (Å²) in [5.41, 5.74) is 2.44.